The van der Waals surface area contributed by atoms with Crippen molar-refractivity contribution in [1.29, 1.82) is 0 Å². The lowest BCUT2D eigenvalue weighted by Gasteiger charge is -2.14. The molecular formula is C12H11N5O3. The molecule has 0 fully saturated rings. The summed E-state index contributed by atoms with van der Waals surface area (Å²) in [5, 5.41) is 11.5. The summed E-state index contributed by atoms with van der Waals surface area (Å²) in [5.74, 6) is -0.195. The fraction of sp³-hybridized carbons (Fsp3) is 0.250. The lowest BCUT2D eigenvalue weighted by Crippen LogP contribution is -2.29. The Balaban J connectivity index is 2.00. The number of rotatable bonds is 3. The topological polar surface area (TPSA) is 90.2 Å². The number of fused-ring (bicyclic) bond motifs is 1. The zero-order valence-electron chi connectivity index (χ0n) is 10.9. The molecule has 2 aromatic rings. The SMILES string of the molecule is COc1ccc2c(c1)N(Cc1nnn(C)n1)C(=O)C2=O. The largest absolute Gasteiger partial charge is 0.497 e. The normalized spacial score (nSPS) is 13.8. The summed E-state index contributed by atoms with van der Waals surface area (Å²) in [6.07, 6.45) is 0. The first-order valence-corrected chi connectivity index (χ1v) is 5.87. The van der Waals surface area contributed by atoms with Gasteiger partial charge in [-0.3, -0.25) is 14.5 Å². The zero-order chi connectivity index (χ0) is 14.3. The van der Waals surface area contributed by atoms with Crippen LogP contribution in [-0.2, 0) is 18.4 Å². The van der Waals surface area contributed by atoms with Crippen LogP contribution in [0.3, 0.4) is 0 Å². The minimum Gasteiger partial charge on any atom is -0.497 e. The Bertz CT molecular complexity index is 709. The quantitative estimate of drug-likeness (QED) is 0.728. The molecule has 0 radical (unpaired) electrons. The molecule has 3 rings (SSSR count). The van der Waals surface area contributed by atoms with Gasteiger partial charge in [0.2, 0.25) is 0 Å². The molecule has 102 valence electrons. The monoisotopic (exact) mass is 273 g/mol. The van der Waals surface area contributed by atoms with E-state index in [0.717, 1.165) is 0 Å². The first kappa shape index (κ1) is 12.3. The van der Waals surface area contributed by atoms with Gasteiger partial charge in [-0.15, -0.1) is 10.2 Å². The van der Waals surface area contributed by atoms with E-state index in [1.54, 1.807) is 25.2 Å². The number of tetrazole rings is 1. The average molecular weight is 273 g/mol. The molecule has 20 heavy (non-hydrogen) atoms. The highest BCUT2D eigenvalue weighted by Gasteiger charge is 2.36. The highest BCUT2D eigenvalue weighted by atomic mass is 16.5. The second kappa shape index (κ2) is 4.41. The lowest BCUT2D eigenvalue weighted by atomic mass is 10.1. The van der Waals surface area contributed by atoms with Gasteiger partial charge in [-0.2, -0.15) is 4.80 Å². The predicted octanol–water partition coefficient (Wildman–Crippen LogP) is -0.0518. The summed E-state index contributed by atoms with van der Waals surface area (Å²) >= 11 is 0. The number of aromatic nitrogens is 4. The van der Waals surface area contributed by atoms with Gasteiger partial charge < -0.3 is 4.74 Å². The number of Topliss-reactive ketones (excluding diaryl/α,β-unsaturated/α-hetero) is 1. The Morgan fingerprint density at radius 2 is 2.10 bits per heavy atom. The molecule has 8 nitrogen and oxygen atoms in total. The molecule has 0 spiro atoms. The average Bonchev–Trinajstić information content (AvgIpc) is 2.96. The van der Waals surface area contributed by atoms with Crippen LogP contribution in [-0.4, -0.2) is 39.0 Å². The maximum Gasteiger partial charge on any atom is 0.299 e. The minimum absolute atomic E-state index is 0.0958. The number of methoxy groups -OCH3 is 1. The van der Waals surface area contributed by atoms with E-state index in [9.17, 15) is 9.59 Å². The van der Waals surface area contributed by atoms with Crippen LogP contribution in [0.4, 0.5) is 5.69 Å². The van der Waals surface area contributed by atoms with Crippen LogP contribution in [0.25, 0.3) is 0 Å². The molecule has 1 aromatic carbocycles. The van der Waals surface area contributed by atoms with Crippen LogP contribution in [0.1, 0.15) is 16.2 Å². The maximum absolute atomic E-state index is 12.0. The van der Waals surface area contributed by atoms with Gasteiger partial charge in [0.15, 0.2) is 5.82 Å². The van der Waals surface area contributed by atoms with E-state index in [0.29, 0.717) is 22.8 Å². The minimum atomic E-state index is -0.597. The van der Waals surface area contributed by atoms with Gasteiger partial charge in [-0.05, 0) is 17.3 Å². The summed E-state index contributed by atoms with van der Waals surface area (Å²) in [6.45, 7) is 0.0958. The number of hydrogen-bond acceptors (Lipinski definition) is 6. The number of ether oxygens (including phenoxy) is 1. The standard InChI is InChI=1S/C12H11N5O3/c1-16-14-10(13-15-16)6-17-9-5-7(20-2)3-4-8(9)11(18)12(17)19/h3-5H,6H2,1-2H3. The second-order valence-electron chi connectivity index (χ2n) is 4.30. The smallest absolute Gasteiger partial charge is 0.299 e. The molecule has 0 bridgehead atoms. The number of hydrogen-bond donors (Lipinski definition) is 0. The number of anilines is 1. The van der Waals surface area contributed by atoms with Crippen molar-refractivity contribution < 1.29 is 14.3 Å². The van der Waals surface area contributed by atoms with Crippen LogP contribution in [0, 0.1) is 0 Å². The Morgan fingerprint density at radius 1 is 1.30 bits per heavy atom. The maximum atomic E-state index is 12.0. The van der Waals surface area contributed by atoms with E-state index >= 15 is 0 Å². The van der Waals surface area contributed by atoms with Gasteiger partial charge in [0.25, 0.3) is 11.7 Å². The van der Waals surface area contributed by atoms with Gasteiger partial charge in [0.1, 0.15) is 5.75 Å². The summed E-state index contributed by atoms with van der Waals surface area (Å²) in [4.78, 5) is 26.6. The Hall–Kier alpha value is -2.77. The summed E-state index contributed by atoms with van der Waals surface area (Å²) in [7, 11) is 3.15. The highest BCUT2D eigenvalue weighted by Crippen LogP contribution is 2.33. The molecule has 1 aromatic heterocycles. The third-order valence-electron chi connectivity index (χ3n) is 3.03. The van der Waals surface area contributed by atoms with Gasteiger partial charge in [-0.1, -0.05) is 0 Å². The molecule has 2 heterocycles. The number of amides is 1. The van der Waals surface area contributed by atoms with E-state index < -0.39 is 11.7 Å². The molecular weight excluding hydrogens is 262 g/mol. The van der Waals surface area contributed by atoms with Crippen LogP contribution in [0.15, 0.2) is 18.2 Å². The number of aryl methyl sites for hydroxylation is 1. The van der Waals surface area contributed by atoms with Gasteiger partial charge in [0, 0.05) is 6.07 Å². The van der Waals surface area contributed by atoms with Crippen molar-refractivity contribution in [2.45, 2.75) is 6.54 Å². The number of nitrogens with zero attached hydrogens (tertiary/aromatic N) is 5. The van der Waals surface area contributed by atoms with Crippen LogP contribution in [0.2, 0.25) is 0 Å². The molecule has 0 unspecified atom stereocenters. The van der Waals surface area contributed by atoms with Crippen LogP contribution < -0.4 is 9.64 Å². The Morgan fingerprint density at radius 3 is 2.75 bits per heavy atom. The molecule has 0 saturated heterocycles. The third-order valence-corrected chi connectivity index (χ3v) is 3.03. The highest BCUT2D eigenvalue weighted by molar-refractivity contribution is 6.52. The van der Waals surface area contributed by atoms with Crippen molar-refractivity contribution in [3.63, 3.8) is 0 Å². The first-order valence-electron chi connectivity index (χ1n) is 5.87. The fourth-order valence-electron chi connectivity index (χ4n) is 2.09. The second-order valence-corrected chi connectivity index (χ2v) is 4.30. The summed E-state index contributed by atoms with van der Waals surface area (Å²) in [5.41, 5.74) is 0.867. The van der Waals surface area contributed by atoms with Gasteiger partial charge in [0.05, 0.1) is 32.0 Å². The van der Waals surface area contributed by atoms with E-state index in [2.05, 4.69) is 15.4 Å². The molecule has 1 amide bonds. The molecule has 8 heteroatoms. The lowest BCUT2D eigenvalue weighted by molar-refractivity contribution is -0.114. The molecule has 0 saturated carbocycles. The van der Waals surface area contributed by atoms with Gasteiger partial charge >= 0.3 is 0 Å². The van der Waals surface area contributed by atoms with Crippen molar-refractivity contribution in [1.82, 2.24) is 20.2 Å². The number of carbonyl (C=O) groups is 2. The van der Waals surface area contributed by atoms with Crippen LogP contribution in [0.5, 0.6) is 5.75 Å². The van der Waals surface area contributed by atoms with E-state index in [4.69, 9.17) is 4.74 Å². The van der Waals surface area contributed by atoms with Crippen molar-refractivity contribution in [3.05, 3.63) is 29.6 Å². The zero-order valence-corrected chi connectivity index (χ0v) is 10.9. The molecule has 0 N–H and O–H groups in total. The van der Waals surface area contributed by atoms with Crippen molar-refractivity contribution >= 4 is 17.4 Å². The number of ketones is 1. The predicted molar refractivity (Wildman–Crippen MR) is 67.3 cm³/mol. The van der Waals surface area contributed by atoms with E-state index in [-0.39, 0.29) is 6.54 Å². The van der Waals surface area contributed by atoms with E-state index in [1.807, 2.05) is 0 Å². The van der Waals surface area contributed by atoms with E-state index in [1.165, 1.54) is 16.8 Å². The summed E-state index contributed by atoms with van der Waals surface area (Å²) < 4.78 is 5.12. The molecule has 0 aliphatic carbocycles. The molecule has 0 atom stereocenters. The third kappa shape index (κ3) is 1.81. The summed E-state index contributed by atoms with van der Waals surface area (Å²) in [6, 6.07) is 4.88. The van der Waals surface area contributed by atoms with Gasteiger partial charge in [-0.25, -0.2) is 0 Å². The first-order chi connectivity index (χ1) is 9.60. The van der Waals surface area contributed by atoms with Crippen molar-refractivity contribution in [3.8, 4) is 5.75 Å². The fourth-order valence-corrected chi connectivity index (χ4v) is 2.09. The Labute approximate surface area is 113 Å². The van der Waals surface area contributed by atoms with Crippen LogP contribution >= 0.6 is 0 Å². The number of carbonyl (C=O) groups excluding carboxylic acids is 2. The molecule has 1 aliphatic heterocycles. The number of benzene rings is 1. The Kier molecular flexibility index (Phi) is 2.70. The van der Waals surface area contributed by atoms with Crippen molar-refractivity contribution in [2.24, 2.45) is 7.05 Å². The van der Waals surface area contributed by atoms with Crippen molar-refractivity contribution in [2.75, 3.05) is 12.0 Å². The molecule has 1 aliphatic rings.